The van der Waals surface area contributed by atoms with Crippen LogP contribution in [-0.4, -0.2) is 19.0 Å². The molecular formula is C16H21N3O. The number of carbonyl (C=O) groups excluding carboxylic acids is 1. The van der Waals surface area contributed by atoms with E-state index in [1.165, 1.54) is 0 Å². The van der Waals surface area contributed by atoms with Crippen molar-refractivity contribution in [2.75, 3.05) is 18.4 Å². The Morgan fingerprint density at radius 3 is 2.50 bits per heavy atom. The first-order valence-electron chi connectivity index (χ1n) is 6.97. The van der Waals surface area contributed by atoms with Crippen molar-refractivity contribution in [3.8, 4) is 6.07 Å². The third-order valence-electron chi connectivity index (χ3n) is 4.01. The van der Waals surface area contributed by atoms with E-state index in [9.17, 15) is 4.79 Å². The maximum absolute atomic E-state index is 12.2. The quantitative estimate of drug-likeness (QED) is 0.886. The Labute approximate surface area is 120 Å². The fourth-order valence-electron chi connectivity index (χ4n) is 2.43. The van der Waals surface area contributed by atoms with Gasteiger partial charge < -0.3 is 10.6 Å². The van der Waals surface area contributed by atoms with Crippen LogP contribution in [0.15, 0.2) is 24.3 Å². The summed E-state index contributed by atoms with van der Waals surface area (Å²) in [6.45, 7) is 7.49. The van der Waals surface area contributed by atoms with Gasteiger partial charge in [0, 0.05) is 12.2 Å². The van der Waals surface area contributed by atoms with E-state index < -0.39 is 5.41 Å². The number of carbonyl (C=O) groups is 1. The molecule has 2 rings (SSSR count). The molecule has 1 aliphatic rings. The number of nitriles is 1. The van der Waals surface area contributed by atoms with Crippen molar-refractivity contribution in [3.05, 3.63) is 29.8 Å². The molecule has 1 fully saturated rings. The molecule has 0 spiro atoms. The molecule has 1 saturated heterocycles. The summed E-state index contributed by atoms with van der Waals surface area (Å²) in [5.74, 6) is 0.465. The number of nitrogens with one attached hydrogen (secondary N) is 2. The Morgan fingerprint density at radius 2 is 2.00 bits per heavy atom. The lowest BCUT2D eigenvalue weighted by Crippen LogP contribution is -2.27. The molecule has 1 aromatic carbocycles. The minimum Gasteiger partial charge on any atom is -0.326 e. The number of rotatable bonds is 3. The highest BCUT2D eigenvalue weighted by Crippen LogP contribution is 2.24. The molecule has 0 bridgehead atoms. The summed E-state index contributed by atoms with van der Waals surface area (Å²) < 4.78 is 0. The van der Waals surface area contributed by atoms with E-state index in [0.717, 1.165) is 24.3 Å². The number of amides is 1. The highest BCUT2D eigenvalue weighted by Gasteiger charge is 2.29. The van der Waals surface area contributed by atoms with E-state index in [-0.39, 0.29) is 11.8 Å². The lowest BCUT2D eigenvalue weighted by atomic mass is 9.86. The second kappa shape index (κ2) is 5.64. The topological polar surface area (TPSA) is 64.9 Å². The van der Waals surface area contributed by atoms with Crippen LogP contribution in [0.4, 0.5) is 5.69 Å². The van der Waals surface area contributed by atoms with Crippen molar-refractivity contribution < 1.29 is 4.79 Å². The van der Waals surface area contributed by atoms with Gasteiger partial charge in [0.05, 0.1) is 17.4 Å². The Balaban J connectivity index is 2.04. The van der Waals surface area contributed by atoms with Gasteiger partial charge in [0.15, 0.2) is 0 Å². The van der Waals surface area contributed by atoms with Gasteiger partial charge in [-0.3, -0.25) is 4.79 Å². The van der Waals surface area contributed by atoms with Gasteiger partial charge in [0.2, 0.25) is 5.91 Å². The van der Waals surface area contributed by atoms with E-state index >= 15 is 0 Å². The fourth-order valence-corrected chi connectivity index (χ4v) is 2.43. The SMILES string of the molecule is CC1CNCC1C(=O)Nc1ccc(C(C)(C)C#N)cc1. The predicted molar refractivity (Wildman–Crippen MR) is 79.2 cm³/mol. The number of hydrogen-bond acceptors (Lipinski definition) is 3. The highest BCUT2D eigenvalue weighted by atomic mass is 16.1. The summed E-state index contributed by atoms with van der Waals surface area (Å²) in [4.78, 5) is 12.2. The molecule has 1 aliphatic heterocycles. The zero-order valence-electron chi connectivity index (χ0n) is 12.2. The van der Waals surface area contributed by atoms with Gasteiger partial charge in [-0.25, -0.2) is 0 Å². The summed E-state index contributed by atoms with van der Waals surface area (Å²) in [6.07, 6.45) is 0. The summed E-state index contributed by atoms with van der Waals surface area (Å²) >= 11 is 0. The van der Waals surface area contributed by atoms with E-state index in [2.05, 4.69) is 23.6 Å². The van der Waals surface area contributed by atoms with E-state index in [0.29, 0.717) is 5.92 Å². The number of hydrogen-bond donors (Lipinski definition) is 2. The minimum atomic E-state index is -0.508. The molecular weight excluding hydrogens is 250 g/mol. The first-order valence-corrected chi connectivity index (χ1v) is 6.97. The summed E-state index contributed by atoms with van der Waals surface area (Å²) in [6, 6.07) is 9.79. The summed E-state index contributed by atoms with van der Waals surface area (Å²) in [7, 11) is 0. The van der Waals surface area contributed by atoms with Crippen LogP contribution in [0.25, 0.3) is 0 Å². The van der Waals surface area contributed by atoms with Gasteiger partial charge in [-0.2, -0.15) is 5.26 Å². The first-order chi connectivity index (χ1) is 9.44. The second-order valence-corrected chi connectivity index (χ2v) is 6.05. The van der Waals surface area contributed by atoms with E-state index in [4.69, 9.17) is 5.26 Å². The van der Waals surface area contributed by atoms with Crippen LogP contribution >= 0.6 is 0 Å². The normalized spacial score (nSPS) is 22.3. The van der Waals surface area contributed by atoms with Gasteiger partial charge >= 0.3 is 0 Å². The van der Waals surface area contributed by atoms with E-state index in [1.807, 2.05) is 38.1 Å². The molecule has 4 heteroatoms. The molecule has 0 saturated carbocycles. The van der Waals surface area contributed by atoms with Crippen LogP contribution in [0.2, 0.25) is 0 Å². The molecule has 2 atom stereocenters. The average Bonchev–Trinajstić information content (AvgIpc) is 2.85. The Kier molecular flexibility index (Phi) is 4.10. The number of nitrogens with zero attached hydrogens (tertiary/aromatic N) is 1. The van der Waals surface area contributed by atoms with Crippen molar-refractivity contribution in [3.63, 3.8) is 0 Å². The third-order valence-corrected chi connectivity index (χ3v) is 4.01. The first kappa shape index (κ1) is 14.5. The van der Waals surface area contributed by atoms with Crippen LogP contribution < -0.4 is 10.6 Å². The van der Waals surface area contributed by atoms with Crippen molar-refractivity contribution >= 4 is 11.6 Å². The standard InChI is InChI=1S/C16H21N3O/c1-11-8-18-9-14(11)15(20)19-13-6-4-12(5-7-13)16(2,3)10-17/h4-7,11,14,18H,8-9H2,1-3H3,(H,19,20). The Morgan fingerprint density at radius 1 is 1.35 bits per heavy atom. The van der Waals surface area contributed by atoms with Gasteiger partial charge in [-0.15, -0.1) is 0 Å². The highest BCUT2D eigenvalue weighted by molar-refractivity contribution is 5.93. The fraction of sp³-hybridized carbons (Fsp3) is 0.500. The molecule has 1 aromatic rings. The number of anilines is 1. The van der Waals surface area contributed by atoms with Gasteiger partial charge in [-0.1, -0.05) is 19.1 Å². The molecule has 106 valence electrons. The maximum Gasteiger partial charge on any atom is 0.229 e. The van der Waals surface area contributed by atoms with Crippen molar-refractivity contribution in [2.24, 2.45) is 11.8 Å². The molecule has 1 amide bonds. The van der Waals surface area contributed by atoms with Crippen LogP contribution in [0.3, 0.4) is 0 Å². The summed E-state index contributed by atoms with van der Waals surface area (Å²) in [5.41, 5.74) is 1.23. The molecule has 0 aliphatic carbocycles. The maximum atomic E-state index is 12.2. The van der Waals surface area contributed by atoms with Crippen LogP contribution in [0.1, 0.15) is 26.3 Å². The minimum absolute atomic E-state index is 0.0326. The lowest BCUT2D eigenvalue weighted by molar-refractivity contribution is -0.120. The molecule has 0 aromatic heterocycles. The van der Waals surface area contributed by atoms with Crippen molar-refractivity contribution in [1.29, 1.82) is 5.26 Å². The van der Waals surface area contributed by atoms with Crippen molar-refractivity contribution in [1.82, 2.24) is 5.32 Å². The third kappa shape index (κ3) is 3.00. The van der Waals surface area contributed by atoms with Gasteiger partial charge in [0.25, 0.3) is 0 Å². The summed E-state index contributed by atoms with van der Waals surface area (Å²) in [5, 5.41) is 15.3. The predicted octanol–water partition coefficient (Wildman–Crippen LogP) is 2.28. The zero-order chi connectivity index (χ0) is 14.8. The molecule has 20 heavy (non-hydrogen) atoms. The van der Waals surface area contributed by atoms with Crippen LogP contribution in [-0.2, 0) is 10.2 Å². The number of benzene rings is 1. The van der Waals surface area contributed by atoms with Gasteiger partial charge in [-0.05, 0) is 44.0 Å². The van der Waals surface area contributed by atoms with Crippen LogP contribution in [0.5, 0.6) is 0 Å². The monoisotopic (exact) mass is 271 g/mol. The second-order valence-electron chi connectivity index (χ2n) is 6.05. The smallest absolute Gasteiger partial charge is 0.229 e. The Hall–Kier alpha value is -1.86. The molecule has 2 unspecified atom stereocenters. The lowest BCUT2D eigenvalue weighted by Gasteiger charge is -2.17. The zero-order valence-corrected chi connectivity index (χ0v) is 12.2. The molecule has 4 nitrogen and oxygen atoms in total. The molecule has 0 radical (unpaired) electrons. The average molecular weight is 271 g/mol. The largest absolute Gasteiger partial charge is 0.326 e. The van der Waals surface area contributed by atoms with Crippen molar-refractivity contribution in [2.45, 2.75) is 26.2 Å². The van der Waals surface area contributed by atoms with Gasteiger partial charge in [0.1, 0.15) is 0 Å². The van der Waals surface area contributed by atoms with E-state index in [1.54, 1.807) is 0 Å². The molecule has 1 heterocycles. The Bertz CT molecular complexity index is 528. The molecule has 2 N–H and O–H groups in total. The van der Waals surface area contributed by atoms with Crippen LogP contribution in [0, 0.1) is 23.2 Å².